The zero-order chi connectivity index (χ0) is 12.7. The van der Waals surface area contributed by atoms with Crippen LogP contribution in [0.5, 0.6) is 0 Å². The summed E-state index contributed by atoms with van der Waals surface area (Å²) in [7, 11) is 4.32. The number of ether oxygens (including phenoxy) is 1. The normalized spacial score (nSPS) is 24.0. The lowest BCUT2D eigenvalue weighted by Gasteiger charge is -2.28. The van der Waals surface area contributed by atoms with Gasteiger partial charge in [-0.3, -0.25) is 0 Å². The highest BCUT2D eigenvalue weighted by Gasteiger charge is 2.18. The number of rotatable bonds is 6. The van der Waals surface area contributed by atoms with Crippen molar-refractivity contribution in [3.63, 3.8) is 0 Å². The Bertz CT molecular complexity index is 177. The number of nitrogens with one attached hydrogen (secondary N) is 1. The zero-order valence-corrected chi connectivity index (χ0v) is 12.0. The molecule has 102 valence electrons. The minimum atomic E-state index is 0.619. The molecular weight excluding hydrogens is 212 g/mol. The highest BCUT2D eigenvalue weighted by atomic mass is 16.5. The molecule has 1 N–H and O–H groups in total. The molecule has 3 heteroatoms. The minimum Gasteiger partial charge on any atom is -0.381 e. The minimum absolute atomic E-state index is 0.619. The lowest BCUT2D eigenvalue weighted by molar-refractivity contribution is 0.141. The van der Waals surface area contributed by atoms with Crippen molar-refractivity contribution in [1.29, 1.82) is 0 Å². The van der Waals surface area contributed by atoms with Crippen LogP contribution in [-0.4, -0.2) is 50.8 Å². The molecule has 1 rings (SSSR count). The van der Waals surface area contributed by atoms with Gasteiger partial charge in [-0.05, 0) is 45.7 Å². The van der Waals surface area contributed by atoms with E-state index in [2.05, 4.69) is 38.2 Å². The first-order chi connectivity index (χ1) is 8.08. The summed E-state index contributed by atoms with van der Waals surface area (Å²) in [6.07, 6.45) is 4.90. The molecule has 1 aliphatic heterocycles. The lowest BCUT2D eigenvalue weighted by atomic mass is 10.0. The Morgan fingerprint density at radius 3 is 2.65 bits per heavy atom. The van der Waals surface area contributed by atoms with Gasteiger partial charge < -0.3 is 15.0 Å². The monoisotopic (exact) mass is 242 g/mol. The molecule has 0 saturated carbocycles. The molecule has 1 fully saturated rings. The molecule has 1 heterocycles. The van der Waals surface area contributed by atoms with Crippen LogP contribution in [0.25, 0.3) is 0 Å². The van der Waals surface area contributed by atoms with Crippen molar-refractivity contribution in [2.24, 2.45) is 5.92 Å². The molecule has 0 aromatic heterocycles. The van der Waals surface area contributed by atoms with Crippen molar-refractivity contribution in [2.45, 2.75) is 51.6 Å². The van der Waals surface area contributed by atoms with Gasteiger partial charge in [0.05, 0.1) is 0 Å². The Kier molecular flexibility index (Phi) is 7.09. The van der Waals surface area contributed by atoms with Gasteiger partial charge in [-0.1, -0.05) is 13.8 Å². The van der Waals surface area contributed by atoms with E-state index in [0.29, 0.717) is 12.1 Å². The van der Waals surface area contributed by atoms with Crippen LogP contribution in [0, 0.1) is 5.92 Å². The maximum atomic E-state index is 5.52. The fourth-order valence-electron chi connectivity index (χ4n) is 2.61. The largest absolute Gasteiger partial charge is 0.381 e. The van der Waals surface area contributed by atoms with E-state index in [1.807, 2.05) is 0 Å². The predicted octanol–water partition coefficient (Wildman–Crippen LogP) is 2.12. The summed E-state index contributed by atoms with van der Waals surface area (Å²) >= 11 is 0. The van der Waals surface area contributed by atoms with Gasteiger partial charge in [-0.15, -0.1) is 0 Å². The molecule has 2 atom stereocenters. The standard InChI is InChI=1S/C14H30N2O/c1-12(2)10-14(11-16(3)4)15-13-6-5-8-17-9-7-13/h12-15H,5-11H2,1-4H3. The molecule has 3 nitrogen and oxygen atoms in total. The van der Waals surface area contributed by atoms with Gasteiger partial charge >= 0.3 is 0 Å². The van der Waals surface area contributed by atoms with Crippen LogP contribution in [0.2, 0.25) is 0 Å². The summed E-state index contributed by atoms with van der Waals surface area (Å²) in [6, 6.07) is 1.27. The summed E-state index contributed by atoms with van der Waals surface area (Å²) in [4.78, 5) is 2.28. The zero-order valence-electron chi connectivity index (χ0n) is 12.0. The van der Waals surface area contributed by atoms with Crippen molar-refractivity contribution in [3.8, 4) is 0 Å². The molecule has 0 aromatic carbocycles. The average molecular weight is 242 g/mol. The topological polar surface area (TPSA) is 24.5 Å². The van der Waals surface area contributed by atoms with Gasteiger partial charge in [0.15, 0.2) is 0 Å². The van der Waals surface area contributed by atoms with E-state index in [-0.39, 0.29) is 0 Å². The maximum absolute atomic E-state index is 5.52. The van der Waals surface area contributed by atoms with E-state index in [4.69, 9.17) is 4.74 Å². The third-order valence-corrected chi connectivity index (χ3v) is 3.26. The first-order valence-electron chi connectivity index (χ1n) is 7.06. The average Bonchev–Trinajstić information content (AvgIpc) is 2.44. The summed E-state index contributed by atoms with van der Waals surface area (Å²) in [5.41, 5.74) is 0. The third kappa shape index (κ3) is 7.02. The predicted molar refractivity (Wildman–Crippen MR) is 73.4 cm³/mol. The summed E-state index contributed by atoms with van der Waals surface area (Å²) in [6.45, 7) is 7.62. The second-order valence-electron chi connectivity index (χ2n) is 6.00. The molecule has 0 aliphatic carbocycles. The van der Waals surface area contributed by atoms with Crippen LogP contribution in [0.3, 0.4) is 0 Å². The van der Waals surface area contributed by atoms with Crippen molar-refractivity contribution >= 4 is 0 Å². The molecule has 1 saturated heterocycles. The van der Waals surface area contributed by atoms with E-state index in [1.165, 1.54) is 25.7 Å². The molecule has 17 heavy (non-hydrogen) atoms. The molecule has 0 radical (unpaired) electrons. The van der Waals surface area contributed by atoms with E-state index >= 15 is 0 Å². The van der Waals surface area contributed by atoms with Gasteiger partial charge in [-0.2, -0.15) is 0 Å². The fraction of sp³-hybridized carbons (Fsp3) is 1.00. The summed E-state index contributed by atoms with van der Waals surface area (Å²) in [5, 5.41) is 3.84. The highest BCUT2D eigenvalue weighted by molar-refractivity contribution is 4.78. The van der Waals surface area contributed by atoms with Crippen molar-refractivity contribution in [2.75, 3.05) is 33.9 Å². The van der Waals surface area contributed by atoms with Crippen LogP contribution >= 0.6 is 0 Å². The Morgan fingerprint density at radius 2 is 2.00 bits per heavy atom. The Balaban J connectivity index is 2.39. The van der Waals surface area contributed by atoms with Crippen LogP contribution in [0.1, 0.15) is 39.5 Å². The first-order valence-corrected chi connectivity index (χ1v) is 7.06. The Hall–Kier alpha value is -0.120. The quantitative estimate of drug-likeness (QED) is 0.772. The second-order valence-corrected chi connectivity index (χ2v) is 6.00. The smallest absolute Gasteiger partial charge is 0.0480 e. The van der Waals surface area contributed by atoms with Crippen LogP contribution in [0.4, 0.5) is 0 Å². The first kappa shape index (κ1) is 14.9. The molecule has 0 spiro atoms. The number of hydrogen-bond acceptors (Lipinski definition) is 3. The second kappa shape index (κ2) is 8.06. The van der Waals surface area contributed by atoms with E-state index in [9.17, 15) is 0 Å². The van der Waals surface area contributed by atoms with Gasteiger partial charge in [0.2, 0.25) is 0 Å². The van der Waals surface area contributed by atoms with Gasteiger partial charge in [0.1, 0.15) is 0 Å². The SMILES string of the molecule is CC(C)CC(CN(C)C)NC1CCCOCC1. The third-order valence-electron chi connectivity index (χ3n) is 3.26. The molecule has 0 bridgehead atoms. The molecule has 0 amide bonds. The summed E-state index contributed by atoms with van der Waals surface area (Å²) < 4.78 is 5.52. The van der Waals surface area contributed by atoms with E-state index in [1.54, 1.807) is 0 Å². The van der Waals surface area contributed by atoms with Crippen LogP contribution in [-0.2, 0) is 4.74 Å². The molecule has 2 unspecified atom stereocenters. The van der Waals surface area contributed by atoms with Crippen LogP contribution < -0.4 is 5.32 Å². The van der Waals surface area contributed by atoms with E-state index < -0.39 is 0 Å². The van der Waals surface area contributed by atoms with Crippen molar-refractivity contribution < 1.29 is 4.74 Å². The Labute approximate surface area is 107 Å². The number of hydrogen-bond donors (Lipinski definition) is 1. The van der Waals surface area contributed by atoms with E-state index in [0.717, 1.165) is 25.7 Å². The molecule has 0 aromatic rings. The Morgan fingerprint density at radius 1 is 1.24 bits per heavy atom. The van der Waals surface area contributed by atoms with Crippen molar-refractivity contribution in [3.05, 3.63) is 0 Å². The van der Waals surface area contributed by atoms with Gasteiger partial charge in [-0.25, -0.2) is 0 Å². The van der Waals surface area contributed by atoms with Gasteiger partial charge in [0.25, 0.3) is 0 Å². The lowest BCUT2D eigenvalue weighted by Crippen LogP contribution is -2.44. The maximum Gasteiger partial charge on any atom is 0.0480 e. The number of nitrogens with zero attached hydrogens (tertiary/aromatic N) is 1. The molecule has 1 aliphatic rings. The fourth-order valence-corrected chi connectivity index (χ4v) is 2.61. The summed E-state index contributed by atoms with van der Waals surface area (Å²) in [5.74, 6) is 0.759. The molecular formula is C14H30N2O. The van der Waals surface area contributed by atoms with Crippen molar-refractivity contribution in [1.82, 2.24) is 10.2 Å². The number of likely N-dealkylation sites (N-methyl/N-ethyl adjacent to an activating group) is 1. The highest BCUT2D eigenvalue weighted by Crippen LogP contribution is 2.12. The van der Waals surface area contributed by atoms with Crippen LogP contribution in [0.15, 0.2) is 0 Å². The van der Waals surface area contributed by atoms with Gasteiger partial charge in [0, 0.05) is 31.8 Å².